The van der Waals surface area contributed by atoms with Crippen molar-refractivity contribution in [1.82, 2.24) is 0 Å². The molecule has 0 rings (SSSR count). The Hall–Kier alpha value is -0.520. The third-order valence-corrected chi connectivity index (χ3v) is 4.99. The second-order valence-electron chi connectivity index (χ2n) is 7.26. The first kappa shape index (κ1) is 26.5. The highest BCUT2D eigenvalue weighted by Crippen LogP contribution is 2.38. The van der Waals surface area contributed by atoms with E-state index in [0.29, 0.717) is 6.42 Å². The van der Waals surface area contributed by atoms with Crippen LogP contribution in [0.3, 0.4) is 0 Å². The summed E-state index contributed by atoms with van der Waals surface area (Å²) in [5.74, 6) is 0. The lowest BCUT2D eigenvalue weighted by Gasteiger charge is -2.21. The van der Waals surface area contributed by atoms with E-state index in [1.54, 1.807) is 0 Å². The van der Waals surface area contributed by atoms with Gasteiger partial charge in [0.05, 0.1) is 6.10 Å². The molecule has 0 saturated carbocycles. The quantitative estimate of drug-likeness (QED) is 0.104. The highest BCUT2D eigenvalue weighted by atomic mass is 31.2. The van der Waals surface area contributed by atoms with Crippen LogP contribution in [0.1, 0.15) is 97.3 Å². The van der Waals surface area contributed by atoms with Gasteiger partial charge in [-0.2, -0.15) is 0 Å². The van der Waals surface area contributed by atoms with E-state index in [9.17, 15) is 9.67 Å². The van der Waals surface area contributed by atoms with Crippen LogP contribution in [0.5, 0.6) is 0 Å². The van der Waals surface area contributed by atoms with Gasteiger partial charge in [-0.1, -0.05) is 64.0 Å². The third-order valence-electron chi connectivity index (χ3n) is 4.49. The number of hydrogen-bond acceptors (Lipinski definition) is 4. The molecule has 0 spiro atoms. The maximum Gasteiger partial charge on any atom is 0.470 e. The van der Waals surface area contributed by atoms with Crippen LogP contribution in [0.4, 0.5) is 0 Å². The fraction of sp³-hybridized carbons (Fsp3) is 0.850. The average Bonchev–Trinajstić information content (AvgIpc) is 2.58. The number of phosphoric acid groups is 1. The van der Waals surface area contributed by atoms with Gasteiger partial charge < -0.3 is 20.3 Å². The zero-order valence-electron chi connectivity index (χ0n) is 17.1. The fourth-order valence-corrected chi connectivity index (χ4v) is 3.54. The van der Waals surface area contributed by atoms with Crippen LogP contribution in [0.2, 0.25) is 0 Å². The molecule has 6 nitrogen and oxygen atoms in total. The van der Waals surface area contributed by atoms with Gasteiger partial charge in [0.2, 0.25) is 0 Å². The normalized spacial score (nSPS) is 14.6. The Bertz CT molecular complexity index is 448. The molecule has 0 aromatic carbocycles. The number of unbranched alkanes of at least 4 members (excludes halogenated alkanes) is 10. The van der Waals surface area contributed by atoms with E-state index in [-0.39, 0.29) is 5.71 Å². The first-order valence-corrected chi connectivity index (χ1v) is 11.9. The molecule has 0 aliphatic carbocycles. The predicted octanol–water partition coefficient (Wildman–Crippen LogP) is 5.51. The molecule has 160 valence electrons. The van der Waals surface area contributed by atoms with Crippen LogP contribution < -0.4 is 0 Å². The zero-order chi connectivity index (χ0) is 20.5. The van der Waals surface area contributed by atoms with Gasteiger partial charge in [0, 0.05) is 5.71 Å². The minimum atomic E-state index is -4.71. The highest BCUT2D eigenvalue weighted by molar-refractivity contribution is 7.46. The Labute approximate surface area is 165 Å². The third kappa shape index (κ3) is 17.3. The molecule has 0 aliphatic rings. The lowest BCUT2D eigenvalue weighted by Crippen LogP contribution is -2.33. The molecule has 7 heteroatoms. The van der Waals surface area contributed by atoms with E-state index in [4.69, 9.17) is 15.2 Å². The van der Waals surface area contributed by atoms with Crippen molar-refractivity contribution in [3.8, 4) is 0 Å². The van der Waals surface area contributed by atoms with Crippen molar-refractivity contribution in [2.45, 2.75) is 110 Å². The molecular formula is C20H40NO5P. The van der Waals surface area contributed by atoms with Crippen LogP contribution in [-0.2, 0) is 9.09 Å². The molecule has 0 heterocycles. The summed E-state index contributed by atoms with van der Waals surface area (Å²) >= 11 is 0. The number of allylic oxidation sites excluding steroid dienone is 2. The number of hydrogen-bond donors (Lipinski definition) is 4. The van der Waals surface area contributed by atoms with Crippen LogP contribution in [0, 0.1) is 5.41 Å². The van der Waals surface area contributed by atoms with Crippen molar-refractivity contribution < 1.29 is 24.0 Å². The molecule has 4 N–H and O–H groups in total. The second-order valence-corrected chi connectivity index (χ2v) is 8.46. The van der Waals surface area contributed by atoms with Crippen molar-refractivity contribution in [1.29, 1.82) is 5.41 Å². The smallest absolute Gasteiger partial charge is 0.390 e. The van der Waals surface area contributed by atoms with Crippen molar-refractivity contribution >= 4 is 13.5 Å². The summed E-state index contributed by atoms with van der Waals surface area (Å²) < 4.78 is 15.4. The minimum absolute atomic E-state index is 0.0344. The van der Waals surface area contributed by atoms with Crippen molar-refractivity contribution in [2.75, 3.05) is 0 Å². The molecular weight excluding hydrogens is 365 g/mol. The maximum atomic E-state index is 10.9. The maximum absolute atomic E-state index is 10.9. The van der Waals surface area contributed by atoms with E-state index in [0.717, 1.165) is 32.1 Å². The number of nitrogens with one attached hydrogen (secondary N) is 1. The fourth-order valence-electron chi connectivity index (χ4n) is 2.94. The van der Waals surface area contributed by atoms with Gasteiger partial charge >= 0.3 is 7.82 Å². The van der Waals surface area contributed by atoms with Gasteiger partial charge in [0.1, 0.15) is 6.10 Å². The predicted molar refractivity (Wildman–Crippen MR) is 111 cm³/mol. The molecule has 0 aromatic rings. The number of phosphoric ester groups is 1. The van der Waals surface area contributed by atoms with Gasteiger partial charge in [0.25, 0.3) is 0 Å². The molecule has 0 aromatic heterocycles. The summed E-state index contributed by atoms with van der Waals surface area (Å²) in [6.07, 6.45) is 16.7. The molecule has 0 aliphatic heterocycles. The number of aliphatic hydroxyl groups is 1. The van der Waals surface area contributed by atoms with Crippen LogP contribution in [0.25, 0.3) is 0 Å². The Balaban J connectivity index is 3.66. The molecule has 0 fully saturated rings. The summed E-state index contributed by atoms with van der Waals surface area (Å²) in [5, 5.41) is 17.4. The van der Waals surface area contributed by atoms with E-state index in [2.05, 4.69) is 23.6 Å². The lowest BCUT2D eigenvalue weighted by atomic mass is 10.0. The monoisotopic (exact) mass is 405 g/mol. The highest BCUT2D eigenvalue weighted by Gasteiger charge is 2.29. The van der Waals surface area contributed by atoms with Crippen molar-refractivity contribution in [2.24, 2.45) is 0 Å². The first-order chi connectivity index (χ1) is 12.8. The van der Waals surface area contributed by atoms with Crippen LogP contribution in [-0.4, -0.2) is 32.8 Å². The second kappa shape index (κ2) is 16.4. The average molecular weight is 406 g/mol. The summed E-state index contributed by atoms with van der Waals surface area (Å²) in [4.78, 5) is 17.7. The van der Waals surface area contributed by atoms with E-state index < -0.39 is 20.0 Å². The summed E-state index contributed by atoms with van der Waals surface area (Å²) in [5.41, 5.74) is 0.0344. The summed E-state index contributed by atoms with van der Waals surface area (Å²) in [6.45, 7) is 3.60. The van der Waals surface area contributed by atoms with Gasteiger partial charge in [-0.25, -0.2) is 4.57 Å². The standard InChI is InChI=1S/C20H40NO5P/c1-3-4-5-6-7-8-9-10-11-12-13-14-15-16-17-19(21)20(18(2)22)26-27(23,24)25/h10-11,18,20-22H,3-9,12-17H2,1-2H3,(H2,23,24,25)/b11-10-,21-19?. The number of rotatable bonds is 18. The molecule has 0 radical (unpaired) electrons. The first-order valence-electron chi connectivity index (χ1n) is 10.4. The molecule has 27 heavy (non-hydrogen) atoms. The zero-order valence-corrected chi connectivity index (χ0v) is 18.0. The van der Waals surface area contributed by atoms with Crippen LogP contribution >= 0.6 is 7.82 Å². The molecule has 0 bridgehead atoms. The topological polar surface area (TPSA) is 111 Å². The molecule has 2 unspecified atom stereocenters. The Morgan fingerprint density at radius 1 is 0.963 bits per heavy atom. The lowest BCUT2D eigenvalue weighted by molar-refractivity contribution is 0.0632. The van der Waals surface area contributed by atoms with E-state index in [1.165, 1.54) is 51.9 Å². The van der Waals surface area contributed by atoms with Crippen molar-refractivity contribution in [3.63, 3.8) is 0 Å². The van der Waals surface area contributed by atoms with E-state index in [1.807, 2.05) is 0 Å². The van der Waals surface area contributed by atoms with Crippen molar-refractivity contribution in [3.05, 3.63) is 12.2 Å². The summed E-state index contributed by atoms with van der Waals surface area (Å²) in [6, 6.07) is 0. The molecule has 2 atom stereocenters. The Kier molecular flexibility index (Phi) is 16.1. The Morgan fingerprint density at radius 2 is 1.44 bits per heavy atom. The summed E-state index contributed by atoms with van der Waals surface area (Å²) in [7, 11) is -4.71. The largest absolute Gasteiger partial charge is 0.470 e. The van der Waals surface area contributed by atoms with Gasteiger partial charge in [-0.3, -0.25) is 4.52 Å². The van der Waals surface area contributed by atoms with Gasteiger partial charge in [-0.05, 0) is 45.4 Å². The molecule has 0 amide bonds. The minimum Gasteiger partial charge on any atom is -0.390 e. The SMILES string of the molecule is CCCCCCCC/C=C\CCCCCCC(=N)C(OP(=O)(O)O)C(C)O. The molecule has 0 saturated heterocycles. The van der Waals surface area contributed by atoms with Gasteiger partial charge in [0.15, 0.2) is 0 Å². The van der Waals surface area contributed by atoms with Gasteiger partial charge in [-0.15, -0.1) is 0 Å². The van der Waals surface area contributed by atoms with Crippen LogP contribution in [0.15, 0.2) is 12.2 Å². The van der Waals surface area contributed by atoms with E-state index >= 15 is 0 Å². The Morgan fingerprint density at radius 3 is 1.93 bits per heavy atom. The number of aliphatic hydroxyl groups excluding tert-OH is 1.